The molecular weight excluding hydrogens is 270 g/mol. The Morgan fingerprint density at radius 3 is 2.68 bits per heavy atom. The summed E-state index contributed by atoms with van der Waals surface area (Å²) in [6.45, 7) is 3.08. The lowest BCUT2D eigenvalue weighted by Crippen LogP contribution is -2.00. The molecule has 4 rings (SSSR count). The van der Waals surface area contributed by atoms with Gasteiger partial charge in [-0.3, -0.25) is 9.67 Å². The number of pyridine rings is 1. The highest BCUT2D eigenvalue weighted by molar-refractivity contribution is 5.71. The summed E-state index contributed by atoms with van der Waals surface area (Å²) < 4.78 is 2.08. The van der Waals surface area contributed by atoms with E-state index in [0.717, 1.165) is 23.9 Å². The SMILES string of the molecule is Cc1cc(-c2cccc(-c3ccn(CC4CC4)n3)c2)ccn1. The molecule has 110 valence electrons. The quantitative estimate of drug-likeness (QED) is 0.715. The third kappa shape index (κ3) is 2.80. The van der Waals surface area contributed by atoms with Crippen molar-refractivity contribution in [3.8, 4) is 22.4 Å². The lowest BCUT2D eigenvalue weighted by Gasteiger charge is -2.05. The van der Waals surface area contributed by atoms with Gasteiger partial charge in [-0.25, -0.2) is 0 Å². The fourth-order valence-corrected chi connectivity index (χ4v) is 2.77. The zero-order valence-corrected chi connectivity index (χ0v) is 12.7. The molecule has 3 heteroatoms. The van der Waals surface area contributed by atoms with E-state index >= 15 is 0 Å². The molecule has 0 unspecified atom stereocenters. The molecule has 1 aliphatic carbocycles. The highest BCUT2D eigenvalue weighted by Crippen LogP contribution is 2.31. The number of aryl methyl sites for hydroxylation is 1. The summed E-state index contributed by atoms with van der Waals surface area (Å²) in [7, 11) is 0. The Hall–Kier alpha value is -2.42. The van der Waals surface area contributed by atoms with Crippen molar-refractivity contribution in [3.05, 3.63) is 60.6 Å². The van der Waals surface area contributed by atoms with Gasteiger partial charge in [-0.15, -0.1) is 0 Å². The van der Waals surface area contributed by atoms with E-state index in [4.69, 9.17) is 5.10 Å². The Morgan fingerprint density at radius 1 is 1.05 bits per heavy atom. The minimum atomic E-state index is 0.846. The van der Waals surface area contributed by atoms with E-state index in [9.17, 15) is 0 Å². The van der Waals surface area contributed by atoms with Crippen LogP contribution in [-0.2, 0) is 6.54 Å². The first kappa shape index (κ1) is 13.3. The fraction of sp³-hybridized carbons (Fsp3) is 0.263. The molecule has 22 heavy (non-hydrogen) atoms. The molecule has 0 amide bonds. The van der Waals surface area contributed by atoms with Crippen molar-refractivity contribution in [1.82, 2.24) is 14.8 Å². The minimum absolute atomic E-state index is 0.846. The zero-order valence-electron chi connectivity index (χ0n) is 12.7. The summed E-state index contributed by atoms with van der Waals surface area (Å²) in [5, 5.41) is 4.72. The third-order valence-corrected chi connectivity index (χ3v) is 4.17. The average Bonchev–Trinajstić information content (AvgIpc) is 3.22. The van der Waals surface area contributed by atoms with Crippen molar-refractivity contribution in [2.24, 2.45) is 5.92 Å². The molecule has 3 aromatic rings. The fourth-order valence-electron chi connectivity index (χ4n) is 2.77. The summed E-state index contributed by atoms with van der Waals surface area (Å²) in [6, 6.07) is 14.8. The summed E-state index contributed by atoms with van der Waals surface area (Å²) in [4.78, 5) is 4.27. The lowest BCUT2D eigenvalue weighted by atomic mass is 10.0. The Bertz CT molecular complexity index is 800. The van der Waals surface area contributed by atoms with Crippen molar-refractivity contribution in [1.29, 1.82) is 0 Å². The maximum atomic E-state index is 4.72. The van der Waals surface area contributed by atoms with Crippen LogP contribution >= 0.6 is 0 Å². The van der Waals surface area contributed by atoms with E-state index in [1.165, 1.54) is 29.5 Å². The van der Waals surface area contributed by atoms with E-state index in [2.05, 4.69) is 58.3 Å². The van der Waals surface area contributed by atoms with E-state index < -0.39 is 0 Å². The van der Waals surface area contributed by atoms with E-state index in [0.29, 0.717) is 0 Å². The van der Waals surface area contributed by atoms with Gasteiger partial charge in [-0.05, 0) is 61.1 Å². The molecule has 0 atom stereocenters. The maximum absolute atomic E-state index is 4.72. The van der Waals surface area contributed by atoms with Crippen molar-refractivity contribution in [2.45, 2.75) is 26.3 Å². The summed E-state index contributed by atoms with van der Waals surface area (Å²) in [6.07, 6.45) is 6.66. The molecule has 0 N–H and O–H groups in total. The topological polar surface area (TPSA) is 30.7 Å². The predicted octanol–water partition coefficient (Wildman–Crippen LogP) is 4.33. The summed E-state index contributed by atoms with van der Waals surface area (Å²) in [5.74, 6) is 0.846. The van der Waals surface area contributed by atoms with Crippen LogP contribution in [0.5, 0.6) is 0 Å². The largest absolute Gasteiger partial charge is 0.272 e. The number of benzene rings is 1. The van der Waals surface area contributed by atoms with Crippen LogP contribution in [0.3, 0.4) is 0 Å². The van der Waals surface area contributed by atoms with Crippen molar-refractivity contribution < 1.29 is 0 Å². The highest BCUT2D eigenvalue weighted by Gasteiger charge is 2.22. The Balaban J connectivity index is 1.64. The summed E-state index contributed by atoms with van der Waals surface area (Å²) >= 11 is 0. The molecule has 1 saturated carbocycles. The first-order valence-electron chi connectivity index (χ1n) is 7.85. The predicted molar refractivity (Wildman–Crippen MR) is 88.4 cm³/mol. The van der Waals surface area contributed by atoms with Gasteiger partial charge in [0.25, 0.3) is 0 Å². The van der Waals surface area contributed by atoms with Crippen LogP contribution in [0.4, 0.5) is 0 Å². The Kier molecular flexibility index (Phi) is 3.26. The van der Waals surface area contributed by atoms with Crippen LogP contribution in [0.15, 0.2) is 54.9 Å². The van der Waals surface area contributed by atoms with Gasteiger partial charge in [-0.1, -0.05) is 18.2 Å². The van der Waals surface area contributed by atoms with Gasteiger partial charge >= 0.3 is 0 Å². The number of hydrogen-bond acceptors (Lipinski definition) is 2. The average molecular weight is 289 g/mol. The minimum Gasteiger partial charge on any atom is -0.272 e. The lowest BCUT2D eigenvalue weighted by molar-refractivity contribution is 0.564. The molecule has 1 aromatic carbocycles. The normalized spacial score (nSPS) is 14.2. The maximum Gasteiger partial charge on any atom is 0.0923 e. The first-order valence-corrected chi connectivity index (χ1v) is 7.85. The van der Waals surface area contributed by atoms with Crippen LogP contribution in [0, 0.1) is 12.8 Å². The molecule has 0 aliphatic heterocycles. The van der Waals surface area contributed by atoms with Crippen LogP contribution in [0.1, 0.15) is 18.5 Å². The van der Waals surface area contributed by atoms with Crippen LogP contribution in [-0.4, -0.2) is 14.8 Å². The molecule has 0 spiro atoms. The highest BCUT2D eigenvalue weighted by atomic mass is 15.3. The van der Waals surface area contributed by atoms with E-state index in [1.807, 2.05) is 13.1 Å². The van der Waals surface area contributed by atoms with Gasteiger partial charge < -0.3 is 0 Å². The standard InChI is InChI=1S/C19H19N3/c1-14-11-17(7-9-20-14)16-3-2-4-18(12-16)19-8-10-22(21-19)13-15-5-6-15/h2-4,7-12,15H,5-6,13H2,1H3. The Labute approximate surface area is 130 Å². The second-order valence-electron chi connectivity index (χ2n) is 6.13. The molecule has 2 aromatic heterocycles. The third-order valence-electron chi connectivity index (χ3n) is 4.17. The van der Waals surface area contributed by atoms with Crippen LogP contribution in [0.2, 0.25) is 0 Å². The van der Waals surface area contributed by atoms with Crippen molar-refractivity contribution >= 4 is 0 Å². The molecule has 0 bridgehead atoms. The van der Waals surface area contributed by atoms with E-state index in [-0.39, 0.29) is 0 Å². The smallest absolute Gasteiger partial charge is 0.0923 e. The number of rotatable bonds is 4. The Morgan fingerprint density at radius 2 is 1.86 bits per heavy atom. The first-order chi connectivity index (χ1) is 10.8. The molecule has 0 saturated heterocycles. The van der Waals surface area contributed by atoms with Crippen LogP contribution < -0.4 is 0 Å². The zero-order chi connectivity index (χ0) is 14.9. The number of hydrogen-bond donors (Lipinski definition) is 0. The number of aromatic nitrogens is 3. The molecule has 1 aliphatic rings. The van der Waals surface area contributed by atoms with Gasteiger partial charge in [0, 0.05) is 30.2 Å². The second kappa shape index (κ2) is 5.41. The van der Waals surface area contributed by atoms with Gasteiger partial charge in [-0.2, -0.15) is 5.10 Å². The molecule has 2 heterocycles. The second-order valence-corrected chi connectivity index (χ2v) is 6.13. The van der Waals surface area contributed by atoms with Crippen molar-refractivity contribution in [3.63, 3.8) is 0 Å². The molecular formula is C19H19N3. The van der Waals surface area contributed by atoms with E-state index in [1.54, 1.807) is 0 Å². The molecule has 0 radical (unpaired) electrons. The molecule has 1 fully saturated rings. The van der Waals surface area contributed by atoms with Gasteiger partial charge in [0.05, 0.1) is 5.69 Å². The summed E-state index contributed by atoms with van der Waals surface area (Å²) in [5.41, 5.74) is 5.66. The monoisotopic (exact) mass is 289 g/mol. The van der Waals surface area contributed by atoms with Gasteiger partial charge in [0.15, 0.2) is 0 Å². The van der Waals surface area contributed by atoms with Gasteiger partial charge in [0.1, 0.15) is 0 Å². The number of nitrogens with zero attached hydrogens (tertiary/aromatic N) is 3. The molecule has 3 nitrogen and oxygen atoms in total. The van der Waals surface area contributed by atoms with Crippen molar-refractivity contribution in [2.75, 3.05) is 0 Å². The van der Waals surface area contributed by atoms with Gasteiger partial charge in [0.2, 0.25) is 0 Å². The van der Waals surface area contributed by atoms with Crippen LogP contribution in [0.25, 0.3) is 22.4 Å².